The first kappa shape index (κ1) is 13.9. The average Bonchev–Trinajstić information content (AvgIpc) is 2.38. The van der Waals surface area contributed by atoms with E-state index in [4.69, 9.17) is 4.74 Å². The summed E-state index contributed by atoms with van der Waals surface area (Å²) in [6, 6.07) is 7.44. The van der Waals surface area contributed by atoms with Gasteiger partial charge >= 0.3 is 0 Å². The molecule has 0 aromatic heterocycles. The SMILES string of the molecule is COc1cccc(NC(=O)CN2CCCC(C)C2)c1. The van der Waals surface area contributed by atoms with Crippen molar-refractivity contribution in [3.63, 3.8) is 0 Å². The number of amides is 1. The molecule has 0 aliphatic carbocycles. The van der Waals surface area contributed by atoms with E-state index in [1.165, 1.54) is 12.8 Å². The Bertz CT molecular complexity index is 434. The lowest BCUT2D eigenvalue weighted by atomic mass is 10.0. The molecule has 1 heterocycles. The van der Waals surface area contributed by atoms with E-state index in [1.807, 2.05) is 24.3 Å². The fraction of sp³-hybridized carbons (Fsp3) is 0.533. The molecule has 2 rings (SSSR count). The molecule has 4 heteroatoms. The van der Waals surface area contributed by atoms with Gasteiger partial charge in [0.2, 0.25) is 5.91 Å². The van der Waals surface area contributed by atoms with E-state index >= 15 is 0 Å². The molecule has 1 aliphatic heterocycles. The van der Waals surface area contributed by atoms with E-state index in [9.17, 15) is 4.79 Å². The third-order valence-corrected chi connectivity index (χ3v) is 3.46. The smallest absolute Gasteiger partial charge is 0.238 e. The second-order valence-corrected chi connectivity index (χ2v) is 5.26. The van der Waals surface area contributed by atoms with Gasteiger partial charge in [0, 0.05) is 18.3 Å². The molecule has 1 aliphatic rings. The Labute approximate surface area is 114 Å². The minimum Gasteiger partial charge on any atom is -0.497 e. The van der Waals surface area contributed by atoms with Crippen molar-refractivity contribution in [2.45, 2.75) is 19.8 Å². The van der Waals surface area contributed by atoms with Crippen LogP contribution in [0.4, 0.5) is 5.69 Å². The second-order valence-electron chi connectivity index (χ2n) is 5.26. The van der Waals surface area contributed by atoms with Crippen molar-refractivity contribution in [3.05, 3.63) is 24.3 Å². The van der Waals surface area contributed by atoms with Gasteiger partial charge in [-0.2, -0.15) is 0 Å². The minimum absolute atomic E-state index is 0.0438. The van der Waals surface area contributed by atoms with Crippen LogP contribution in [-0.2, 0) is 4.79 Å². The van der Waals surface area contributed by atoms with Gasteiger partial charge < -0.3 is 10.1 Å². The predicted molar refractivity (Wildman–Crippen MR) is 76.5 cm³/mol. The minimum atomic E-state index is 0.0438. The van der Waals surface area contributed by atoms with Gasteiger partial charge in [0.15, 0.2) is 0 Å². The normalized spacial score (nSPS) is 20.0. The van der Waals surface area contributed by atoms with Crippen molar-refractivity contribution < 1.29 is 9.53 Å². The topological polar surface area (TPSA) is 41.6 Å². The number of carbonyl (C=O) groups excluding carboxylic acids is 1. The Morgan fingerprint density at radius 3 is 3.11 bits per heavy atom. The van der Waals surface area contributed by atoms with Crippen molar-refractivity contribution >= 4 is 11.6 Å². The monoisotopic (exact) mass is 262 g/mol. The van der Waals surface area contributed by atoms with Gasteiger partial charge in [0.05, 0.1) is 13.7 Å². The number of anilines is 1. The molecule has 1 atom stereocenters. The first-order chi connectivity index (χ1) is 9.17. The lowest BCUT2D eigenvalue weighted by molar-refractivity contribution is -0.117. The van der Waals surface area contributed by atoms with Gasteiger partial charge in [-0.05, 0) is 37.4 Å². The zero-order valence-corrected chi connectivity index (χ0v) is 11.7. The number of methoxy groups -OCH3 is 1. The summed E-state index contributed by atoms with van der Waals surface area (Å²) in [5, 5.41) is 2.92. The van der Waals surface area contributed by atoms with E-state index in [0.717, 1.165) is 24.5 Å². The zero-order valence-electron chi connectivity index (χ0n) is 11.7. The molecule has 0 bridgehead atoms. The van der Waals surface area contributed by atoms with Crippen molar-refractivity contribution in [2.75, 3.05) is 32.1 Å². The van der Waals surface area contributed by atoms with Gasteiger partial charge in [0.25, 0.3) is 0 Å². The predicted octanol–water partition coefficient (Wildman–Crippen LogP) is 2.37. The number of likely N-dealkylation sites (tertiary alicyclic amines) is 1. The van der Waals surface area contributed by atoms with Crippen LogP contribution in [0.2, 0.25) is 0 Å². The molecular formula is C15H22N2O2. The fourth-order valence-corrected chi connectivity index (χ4v) is 2.53. The van der Waals surface area contributed by atoms with Gasteiger partial charge in [-0.25, -0.2) is 0 Å². The molecule has 4 nitrogen and oxygen atoms in total. The molecule has 1 aromatic rings. The quantitative estimate of drug-likeness (QED) is 0.905. The molecule has 1 aromatic carbocycles. The summed E-state index contributed by atoms with van der Waals surface area (Å²) >= 11 is 0. The van der Waals surface area contributed by atoms with Gasteiger partial charge in [-0.1, -0.05) is 13.0 Å². The molecule has 1 fully saturated rings. The Kier molecular flexibility index (Phi) is 4.80. The Morgan fingerprint density at radius 2 is 2.37 bits per heavy atom. The largest absolute Gasteiger partial charge is 0.497 e. The number of rotatable bonds is 4. The summed E-state index contributed by atoms with van der Waals surface area (Å²) in [7, 11) is 1.62. The molecule has 1 amide bonds. The number of ether oxygens (including phenoxy) is 1. The third-order valence-electron chi connectivity index (χ3n) is 3.46. The van der Waals surface area contributed by atoms with Gasteiger partial charge in [-0.15, -0.1) is 0 Å². The molecule has 1 N–H and O–H groups in total. The maximum atomic E-state index is 12.0. The number of hydrogen-bond acceptors (Lipinski definition) is 3. The Balaban J connectivity index is 1.86. The molecule has 0 saturated carbocycles. The van der Waals surface area contributed by atoms with Crippen LogP contribution in [0.5, 0.6) is 5.75 Å². The summed E-state index contributed by atoms with van der Waals surface area (Å²) in [4.78, 5) is 14.2. The highest BCUT2D eigenvalue weighted by atomic mass is 16.5. The first-order valence-corrected chi connectivity index (χ1v) is 6.83. The molecule has 1 unspecified atom stereocenters. The Hall–Kier alpha value is -1.55. The first-order valence-electron chi connectivity index (χ1n) is 6.83. The summed E-state index contributed by atoms with van der Waals surface area (Å²) in [6.07, 6.45) is 2.46. The summed E-state index contributed by atoms with van der Waals surface area (Å²) in [5.41, 5.74) is 0.786. The van der Waals surface area contributed by atoms with E-state index in [0.29, 0.717) is 12.5 Å². The summed E-state index contributed by atoms with van der Waals surface area (Å²) < 4.78 is 5.14. The van der Waals surface area contributed by atoms with Crippen molar-refractivity contribution in [1.29, 1.82) is 0 Å². The molecule has 0 spiro atoms. The Morgan fingerprint density at radius 1 is 1.53 bits per heavy atom. The van der Waals surface area contributed by atoms with E-state index in [-0.39, 0.29) is 5.91 Å². The van der Waals surface area contributed by atoms with Crippen LogP contribution < -0.4 is 10.1 Å². The van der Waals surface area contributed by atoms with Crippen molar-refractivity contribution in [3.8, 4) is 5.75 Å². The number of nitrogens with one attached hydrogen (secondary N) is 1. The lowest BCUT2D eigenvalue weighted by Crippen LogP contribution is -2.39. The van der Waals surface area contributed by atoms with Crippen LogP contribution in [0, 0.1) is 5.92 Å². The van der Waals surface area contributed by atoms with Gasteiger partial charge in [0.1, 0.15) is 5.75 Å². The fourth-order valence-electron chi connectivity index (χ4n) is 2.53. The maximum absolute atomic E-state index is 12.0. The zero-order chi connectivity index (χ0) is 13.7. The van der Waals surface area contributed by atoms with Crippen LogP contribution in [0.25, 0.3) is 0 Å². The van der Waals surface area contributed by atoms with E-state index < -0.39 is 0 Å². The van der Waals surface area contributed by atoms with Crippen LogP contribution in [-0.4, -0.2) is 37.6 Å². The van der Waals surface area contributed by atoms with Crippen LogP contribution in [0.1, 0.15) is 19.8 Å². The molecule has 104 valence electrons. The highest BCUT2D eigenvalue weighted by molar-refractivity contribution is 5.92. The van der Waals surface area contributed by atoms with Crippen LogP contribution >= 0.6 is 0 Å². The molecule has 0 radical (unpaired) electrons. The van der Waals surface area contributed by atoms with Gasteiger partial charge in [-0.3, -0.25) is 9.69 Å². The molecule has 1 saturated heterocycles. The van der Waals surface area contributed by atoms with E-state index in [2.05, 4.69) is 17.1 Å². The maximum Gasteiger partial charge on any atom is 0.238 e. The van der Waals surface area contributed by atoms with Crippen LogP contribution in [0.3, 0.4) is 0 Å². The summed E-state index contributed by atoms with van der Waals surface area (Å²) in [5.74, 6) is 1.49. The number of benzene rings is 1. The average molecular weight is 262 g/mol. The van der Waals surface area contributed by atoms with Crippen molar-refractivity contribution in [2.24, 2.45) is 5.92 Å². The number of nitrogens with zero attached hydrogens (tertiary/aromatic N) is 1. The second kappa shape index (κ2) is 6.57. The third kappa shape index (κ3) is 4.24. The van der Waals surface area contributed by atoms with Crippen LogP contribution in [0.15, 0.2) is 24.3 Å². The highest BCUT2D eigenvalue weighted by Crippen LogP contribution is 2.18. The molecular weight excluding hydrogens is 240 g/mol. The number of hydrogen-bond donors (Lipinski definition) is 1. The van der Waals surface area contributed by atoms with Crippen molar-refractivity contribution in [1.82, 2.24) is 4.90 Å². The highest BCUT2D eigenvalue weighted by Gasteiger charge is 2.18. The summed E-state index contributed by atoms with van der Waals surface area (Å²) in [6.45, 7) is 4.76. The lowest BCUT2D eigenvalue weighted by Gasteiger charge is -2.30. The van der Waals surface area contributed by atoms with E-state index in [1.54, 1.807) is 7.11 Å². The molecule has 19 heavy (non-hydrogen) atoms. The standard InChI is InChI=1S/C15H22N2O2/c1-12-5-4-8-17(10-12)11-15(18)16-13-6-3-7-14(9-13)19-2/h3,6-7,9,12H,4-5,8,10-11H2,1-2H3,(H,16,18). The number of piperidine rings is 1. The number of carbonyl (C=O) groups is 1.